The van der Waals surface area contributed by atoms with Crippen molar-refractivity contribution in [2.75, 3.05) is 12.3 Å². The smallest absolute Gasteiger partial charge is 0.310 e. The highest BCUT2D eigenvalue weighted by molar-refractivity contribution is 6.01. The highest BCUT2D eigenvalue weighted by atomic mass is 19.1. The van der Waals surface area contributed by atoms with E-state index in [1.807, 2.05) is 18.2 Å². The fraction of sp³-hybridized carbons (Fsp3) is 0.312. The van der Waals surface area contributed by atoms with Crippen molar-refractivity contribution in [3.8, 4) is 16.9 Å². The van der Waals surface area contributed by atoms with Gasteiger partial charge in [0.05, 0.1) is 13.0 Å². The predicted molar refractivity (Wildman–Crippen MR) is 146 cm³/mol. The fourth-order valence-corrected chi connectivity index (χ4v) is 6.47. The molecule has 1 saturated carbocycles. The van der Waals surface area contributed by atoms with Crippen LogP contribution in [0.5, 0.6) is 5.75 Å². The molecule has 0 bridgehead atoms. The Morgan fingerprint density at radius 3 is 2.74 bits per heavy atom. The van der Waals surface area contributed by atoms with Crippen LogP contribution < -0.4 is 10.5 Å². The molecular formula is C32H31FN2O3. The standard InChI is InChI=1S/C32H31FN2O3/c1-2-37-30(36)17-21-8-10-22(33)18-28(21)38-29-19-32(13-3-4-14-32)27-11-9-20(16-26(27)29)23-6-5-7-25-24(23)12-15-35-31(25)34/h5-12,15-16,18,29H,2-4,13-14,17,19H2,1H3,(H2,34,35). The van der Waals surface area contributed by atoms with Crippen molar-refractivity contribution >= 4 is 22.6 Å². The highest BCUT2D eigenvalue weighted by Gasteiger charge is 2.46. The van der Waals surface area contributed by atoms with E-state index in [2.05, 4.69) is 29.2 Å². The van der Waals surface area contributed by atoms with Gasteiger partial charge in [-0.3, -0.25) is 4.79 Å². The molecule has 2 N–H and O–H groups in total. The molecule has 1 aromatic heterocycles. The number of aromatic nitrogens is 1. The minimum Gasteiger partial charge on any atom is -0.485 e. The SMILES string of the molecule is CCOC(=O)Cc1ccc(F)cc1OC1CC2(CCCC2)c2ccc(-c3cccc4c(N)nccc34)cc21. The van der Waals surface area contributed by atoms with Gasteiger partial charge in [0.25, 0.3) is 0 Å². The number of nitrogens with two attached hydrogens (primary N) is 1. The zero-order chi connectivity index (χ0) is 26.3. The van der Waals surface area contributed by atoms with Crippen LogP contribution in [0.3, 0.4) is 0 Å². The van der Waals surface area contributed by atoms with Crippen LogP contribution in [0, 0.1) is 5.82 Å². The summed E-state index contributed by atoms with van der Waals surface area (Å²) in [6.45, 7) is 2.07. The normalized spacial score (nSPS) is 17.6. The van der Waals surface area contributed by atoms with E-state index >= 15 is 0 Å². The van der Waals surface area contributed by atoms with Gasteiger partial charge in [0.15, 0.2) is 0 Å². The maximum atomic E-state index is 14.4. The molecular weight excluding hydrogens is 479 g/mol. The molecule has 1 spiro atoms. The third kappa shape index (κ3) is 4.28. The van der Waals surface area contributed by atoms with Gasteiger partial charge in [0, 0.05) is 23.2 Å². The van der Waals surface area contributed by atoms with E-state index in [-0.39, 0.29) is 23.9 Å². The van der Waals surface area contributed by atoms with Crippen LogP contribution in [0.1, 0.15) is 61.8 Å². The topological polar surface area (TPSA) is 74.4 Å². The van der Waals surface area contributed by atoms with Crippen molar-refractivity contribution in [2.24, 2.45) is 0 Å². The number of halogens is 1. The van der Waals surface area contributed by atoms with Gasteiger partial charge in [-0.1, -0.05) is 49.2 Å². The summed E-state index contributed by atoms with van der Waals surface area (Å²) in [6.07, 6.45) is 7.00. The number of rotatable bonds is 6. The Bertz CT molecular complexity index is 1530. The number of esters is 1. The number of anilines is 1. The molecule has 6 heteroatoms. The lowest BCUT2D eigenvalue weighted by atomic mass is 9.80. The van der Waals surface area contributed by atoms with Crippen molar-refractivity contribution in [1.29, 1.82) is 0 Å². The number of nitrogen functional groups attached to an aromatic ring is 1. The monoisotopic (exact) mass is 510 g/mol. The lowest BCUT2D eigenvalue weighted by Crippen LogP contribution is -2.19. The van der Waals surface area contributed by atoms with Crippen molar-refractivity contribution in [1.82, 2.24) is 4.98 Å². The second-order valence-corrected chi connectivity index (χ2v) is 10.4. The zero-order valence-corrected chi connectivity index (χ0v) is 21.5. The maximum Gasteiger partial charge on any atom is 0.310 e. The van der Waals surface area contributed by atoms with E-state index < -0.39 is 5.82 Å². The second kappa shape index (κ2) is 9.75. The molecule has 6 rings (SSSR count). The summed E-state index contributed by atoms with van der Waals surface area (Å²) in [5.74, 6) is 0.169. The third-order valence-electron chi connectivity index (χ3n) is 8.19. The van der Waals surface area contributed by atoms with Crippen LogP contribution in [0.15, 0.2) is 66.9 Å². The van der Waals surface area contributed by atoms with Gasteiger partial charge in [0.1, 0.15) is 23.5 Å². The number of carbonyl (C=O) groups is 1. The zero-order valence-electron chi connectivity index (χ0n) is 21.5. The maximum absolute atomic E-state index is 14.4. The van der Waals surface area contributed by atoms with Crippen molar-refractivity contribution in [2.45, 2.75) is 57.0 Å². The number of fused-ring (bicyclic) bond motifs is 3. The summed E-state index contributed by atoms with van der Waals surface area (Å²) >= 11 is 0. The molecule has 4 aromatic rings. The van der Waals surface area contributed by atoms with Gasteiger partial charge >= 0.3 is 5.97 Å². The molecule has 0 radical (unpaired) electrons. The minimum absolute atomic E-state index is 0.0413. The first-order valence-electron chi connectivity index (χ1n) is 13.4. The molecule has 38 heavy (non-hydrogen) atoms. The van der Waals surface area contributed by atoms with E-state index in [0.717, 1.165) is 46.7 Å². The lowest BCUT2D eigenvalue weighted by molar-refractivity contribution is -0.142. The number of hydrogen-bond donors (Lipinski definition) is 1. The largest absolute Gasteiger partial charge is 0.485 e. The van der Waals surface area contributed by atoms with Gasteiger partial charge in [-0.05, 0) is 77.4 Å². The minimum atomic E-state index is -0.392. The lowest BCUT2D eigenvalue weighted by Gasteiger charge is -2.25. The van der Waals surface area contributed by atoms with E-state index in [1.165, 1.54) is 30.5 Å². The first kappa shape index (κ1) is 24.4. The third-order valence-corrected chi connectivity index (χ3v) is 8.19. The number of carbonyl (C=O) groups excluding carboxylic acids is 1. The molecule has 1 atom stereocenters. The Hall–Kier alpha value is -3.93. The van der Waals surface area contributed by atoms with Crippen LogP contribution in [-0.2, 0) is 21.4 Å². The second-order valence-electron chi connectivity index (χ2n) is 10.4. The number of nitrogens with zero attached hydrogens (tertiary/aromatic N) is 1. The summed E-state index contributed by atoms with van der Waals surface area (Å²) in [4.78, 5) is 16.5. The van der Waals surface area contributed by atoms with Crippen molar-refractivity contribution in [3.05, 3.63) is 89.4 Å². The molecule has 0 saturated heterocycles. The average Bonchev–Trinajstić information content (AvgIpc) is 3.50. The van der Waals surface area contributed by atoms with Crippen LogP contribution in [0.25, 0.3) is 21.9 Å². The Kier molecular flexibility index (Phi) is 6.26. The van der Waals surface area contributed by atoms with Crippen molar-refractivity contribution in [3.63, 3.8) is 0 Å². The van der Waals surface area contributed by atoms with Gasteiger partial charge in [0.2, 0.25) is 0 Å². The van der Waals surface area contributed by atoms with Gasteiger partial charge in [-0.2, -0.15) is 0 Å². The Morgan fingerprint density at radius 2 is 1.92 bits per heavy atom. The Balaban J connectivity index is 1.42. The molecule has 0 amide bonds. The molecule has 2 aliphatic rings. The van der Waals surface area contributed by atoms with Crippen LogP contribution in [0.4, 0.5) is 10.2 Å². The molecule has 194 valence electrons. The number of hydrogen-bond acceptors (Lipinski definition) is 5. The molecule has 1 heterocycles. The number of benzene rings is 3. The van der Waals surface area contributed by atoms with Crippen molar-refractivity contribution < 1.29 is 18.7 Å². The Labute approximate surface area is 221 Å². The Morgan fingerprint density at radius 1 is 1.08 bits per heavy atom. The average molecular weight is 511 g/mol. The summed E-state index contributed by atoms with van der Waals surface area (Å²) in [7, 11) is 0. The highest BCUT2D eigenvalue weighted by Crippen LogP contribution is 2.56. The first-order valence-corrected chi connectivity index (χ1v) is 13.4. The van der Waals surface area contributed by atoms with Gasteiger partial charge < -0.3 is 15.2 Å². The van der Waals surface area contributed by atoms with E-state index in [0.29, 0.717) is 23.7 Å². The molecule has 0 aliphatic heterocycles. The van der Waals surface area contributed by atoms with Crippen LogP contribution in [-0.4, -0.2) is 17.6 Å². The summed E-state index contributed by atoms with van der Waals surface area (Å²) in [5.41, 5.74) is 11.5. The molecule has 1 fully saturated rings. The molecule has 1 unspecified atom stereocenters. The molecule has 5 nitrogen and oxygen atoms in total. The summed E-state index contributed by atoms with van der Waals surface area (Å²) in [6, 6.07) is 19.1. The fourth-order valence-electron chi connectivity index (χ4n) is 6.47. The number of ether oxygens (including phenoxy) is 2. The number of pyridine rings is 1. The van der Waals surface area contributed by atoms with Gasteiger partial charge in [-0.15, -0.1) is 0 Å². The van der Waals surface area contributed by atoms with Crippen LogP contribution in [0.2, 0.25) is 0 Å². The summed E-state index contributed by atoms with van der Waals surface area (Å²) in [5, 5.41) is 1.97. The summed E-state index contributed by atoms with van der Waals surface area (Å²) < 4.78 is 26.1. The van der Waals surface area contributed by atoms with Crippen LogP contribution >= 0.6 is 0 Å². The quantitative estimate of drug-likeness (QED) is 0.281. The van der Waals surface area contributed by atoms with Gasteiger partial charge in [-0.25, -0.2) is 9.37 Å². The predicted octanol–water partition coefficient (Wildman–Crippen LogP) is 7.06. The van der Waals surface area contributed by atoms with E-state index in [4.69, 9.17) is 15.2 Å². The van der Waals surface area contributed by atoms with E-state index in [9.17, 15) is 9.18 Å². The molecule has 2 aliphatic carbocycles. The molecule has 3 aromatic carbocycles. The van der Waals surface area contributed by atoms with E-state index in [1.54, 1.807) is 19.2 Å². The first-order chi connectivity index (χ1) is 18.5.